The number of rotatable bonds is 4. The highest BCUT2D eigenvalue weighted by Crippen LogP contribution is 2.24. The minimum atomic E-state index is -0.768. The highest BCUT2D eigenvalue weighted by molar-refractivity contribution is 9.10. The second kappa shape index (κ2) is 6.67. The number of carbonyl (C=O) groups is 1. The second-order valence-electron chi connectivity index (χ2n) is 4.46. The van der Waals surface area contributed by atoms with Crippen LogP contribution in [0, 0.1) is 5.95 Å². The Hall–Kier alpha value is -1.95. The number of methoxy groups -OCH3 is 1. The summed E-state index contributed by atoms with van der Waals surface area (Å²) >= 11 is 3.38. The van der Waals surface area contributed by atoms with E-state index in [2.05, 4.69) is 20.9 Å². The van der Waals surface area contributed by atoms with Crippen molar-refractivity contribution in [3.63, 3.8) is 0 Å². The minimum Gasteiger partial charge on any atom is -0.496 e. The van der Waals surface area contributed by atoms with Crippen molar-refractivity contribution in [1.29, 1.82) is 0 Å². The van der Waals surface area contributed by atoms with Gasteiger partial charge in [-0.25, -0.2) is 4.98 Å². The van der Waals surface area contributed by atoms with Crippen LogP contribution < -0.4 is 4.74 Å². The van der Waals surface area contributed by atoms with Gasteiger partial charge in [0.15, 0.2) is 0 Å². The van der Waals surface area contributed by atoms with Crippen molar-refractivity contribution in [1.82, 2.24) is 9.88 Å². The van der Waals surface area contributed by atoms with Gasteiger partial charge in [0.25, 0.3) is 5.91 Å². The Bertz CT molecular complexity index is 664. The molecule has 1 amide bonds. The third-order valence-electron chi connectivity index (χ3n) is 2.99. The zero-order chi connectivity index (χ0) is 15.4. The smallest absolute Gasteiger partial charge is 0.258 e. The first-order chi connectivity index (χ1) is 10.0. The number of amides is 1. The van der Waals surface area contributed by atoms with Crippen LogP contribution in [0.2, 0.25) is 0 Å². The van der Waals surface area contributed by atoms with Crippen LogP contribution in [0.4, 0.5) is 4.39 Å². The monoisotopic (exact) mass is 352 g/mol. The summed E-state index contributed by atoms with van der Waals surface area (Å²) in [5, 5.41) is 0. The summed E-state index contributed by atoms with van der Waals surface area (Å²) in [4.78, 5) is 17.2. The molecule has 0 radical (unpaired) electrons. The number of halogens is 2. The molecule has 1 aromatic heterocycles. The molecular weight excluding hydrogens is 339 g/mol. The molecule has 1 heterocycles. The van der Waals surface area contributed by atoms with Crippen LogP contribution in [0.15, 0.2) is 41.0 Å². The molecule has 0 unspecified atom stereocenters. The summed E-state index contributed by atoms with van der Waals surface area (Å²) in [5.74, 6) is -0.525. The summed E-state index contributed by atoms with van der Waals surface area (Å²) in [6.45, 7) is 0.301. The number of carbonyl (C=O) groups excluding carboxylic acids is 1. The standard InChI is InChI=1S/C15H14BrFN2O2/c1-19(15(20)12-4-3-7-18-14(12)17)9-10-8-11(16)5-6-13(10)21-2/h3-8H,9H2,1-2H3. The quantitative estimate of drug-likeness (QED) is 0.793. The minimum absolute atomic E-state index is 0.0473. The maximum absolute atomic E-state index is 13.6. The Balaban J connectivity index is 2.22. The Morgan fingerprint density at radius 2 is 2.19 bits per heavy atom. The van der Waals surface area contributed by atoms with Gasteiger partial charge in [0.1, 0.15) is 5.75 Å². The van der Waals surface area contributed by atoms with Gasteiger partial charge in [0.05, 0.1) is 12.7 Å². The summed E-state index contributed by atoms with van der Waals surface area (Å²) in [7, 11) is 3.17. The molecule has 21 heavy (non-hydrogen) atoms. The van der Waals surface area contributed by atoms with Crippen LogP contribution in [0.5, 0.6) is 5.75 Å². The third kappa shape index (κ3) is 3.58. The molecule has 0 spiro atoms. The Morgan fingerprint density at radius 3 is 2.86 bits per heavy atom. The average molecular weight is 353 g/mol. The summed E-state index contributed by atoms with van der Waals surface area (Å²) in [6.07, 6.45) is 1.31. The van der Waals surface area contributed by atoms with Crippen molar-refractivity contribution in [2.45, 2.75) is 6.54 Å². The molecule has 2 rings (SSSR count). The lowest BCUT2D eigenvalue weighted by molar-refractivity contribution is 0.0778. The van der Waals surface area contributed by atoms with Crippen LogP contribution in [0.25, 0.3) is 0 Å². The maximum atomic E-state index is 13.6. The largest absolute Gasteiger partial charge is 0.496 e. The van der Waals surface area contributed by atoms with Gasteiger partial charge in [0.2, 0.25) is 5.95 Å². The van der Waals surface area contributed by atoms with Gasteiger partial charge in [0, 0.05) is 29.8 Å². The van der Waals surface area contributed by atoms with E-state index in [1.165, 1.54) is 23.2 Å². The van der Waals surface area contributed by atoms with E-state index < -0.39 is 11.9 Å². The van der Waals surface area contributed by atoms with Gasteiger partial charge in [-0.15, -0.1) is 0 Å². The van der Waals surface area contributed by atoms with Gasteiger partial charge in [-0.2, -0.15) is 4.39 Å². The Labute approximate surface area is 130 Å². The third-order valence-corrected chi connectivity index (χ3v) is 3.48. The lowest BCUT2D eigenvalue weighted by Crippen LogP contribution is -2.27. The van der Waals surface area contributed by atoms with Crippen molar-refractivity contribution in [3.8, 4) is 5.75 Å². The van der Waals surface area contributed by atoms with Crippen LogP contribution >= 0.6 is 15.9 Å². The number of hydrogen-bond donors (Lipinski definition) is 0. The highest BCUT2D eigenvalue weighted by Gasteiger charge is 2.18. The normalized spacial score (nSPS) is 10.3. The van der Waals surface area contributed by atoms with E-state index in [0.717, 1.165) is 10.0 Å². The zero-order valence-corrected chi connectivity index (χ0v) is 13.2. The van der Waals surface area contributed by atoms with Crippen LogP contribution in [0.3, 0.4) is 0 Å². The van der Waals surface area contributed by atoms with Crippen molar-refractivity contribution >= 4 is 21.8 Å². The summed E-state index contributed by atoms with van der Waals surface area (Å²) < 4.78 is 19.7. The Kier molecular flexibility index (Phi) is 4.90. The molecule has 4 nitrogen and oxygen atoms in total. The maximum Gasteiger partial charge on any atom is 0.258 e. The molecule has 110 valence electrons. The lowest BCUT2D eigenvalue weighted by atomic mass is 10.1. The summed E-state index contributed by atoms with van der Waals surface area (Å²) in [6, 6.07) is 8.47. The number of hydrogen-bond acceptors (Lipinski definition) is 3. The molecule has 0 saturated heterocycles. The number of pyridine rings is 1. The lowest BCUT2D eigenvalue weighted by Gasteiger charge is -2.19. The molecule has 0 aliphatic heterocycles. The first-order valence-electron chi connectivity index (χ1n) is 6.21. The molecular formula is C15H14BrFN2O2. The van der Waals surface area contributed by atoms with Gasteiger partial charge in [-0.05, 0) is 30.3 Å². The van der Waals surface area contributed by atoms with E-state index in [4.69, 9.17) is 4.74 Å². The SMILES string of the molecule is COc1ccc(Br)cc1CN(C)C(=O)c1cccnc1F. The molecule has 0 atom stereocenters. The fraction of sp³-hybridized carbons (Fsp3) is 0.200. The van der Waals surface area contributed by atoms with E-state index >= 15 is 0 Å². The molecule has 6 heteroatoms. The fourth-order valence-corrected chi connectivity index (χ4v) is 2.36. The molecule has 0 saturated carbocycles. The van der Waals surface area contributed by atoms with Crippen molar-refractivity contribution in [2.24, 2.45) is 0 Å². The second-order valence-corrected chi connectivity index (χ2v) is 5.37. The van der Waals surface area contributed by atoms with E-state index in [1.807, 2.05) is 18.2 Å². The van der Waals surface area contributed by atoms with Crippen LogP contribution in [0.1, 0.15) is 15.9 Å². The molecule has 0 N–H and O–H groups in total. The highest BCUT2D eigenvalue weighted by atomic mass is 79.9. The average Bonchev–Trinajstić information content (AvgIpc) is 2.47. The van der Waals surface area contributed by atoms with E-state index in [0.29, 0.717) is 12.3 Å². The number of aromatic nitrogens is 1. The van der Waals surface area contributed by atoms with Crippen LogP contribution in [-0.2, 0) is 6.54 Å². The molecule has 0 bridgehead atoms. The predicted octanol–water partition coefficient (Wildman–Crippen LogP) is 3.26. The van der Waals surface area contributed by atoms with Crippen molar-refractivity contribution in [2.75, 3.05) is 14.2 Å². The Morgan fingerprint density at radius 1 is 1.43 bits per heavy atom. The van der Waals surface area contributed by atoms with Crippen molar-refractivity contribution in [3.05, 3.63) is 58.1 Å². The van der Waals surface area contributed by atoms with E-state index in [1.54, 1.807) is 14.2 Å². The summed E-state index contributed by atoms with van der Waals surface area (Å²) in [5.41, 5.74) is 0.779. The van der Waals surface area contributed by atoms with Gasteiger partial charge in [-0.3, -0.25) is 4.79 Å². The van der Waals surface area contributed by atoms with Crippen molar-refractivity contribution < 1.29 is 13.9 Å². The number of benzene rings is 1. The van der Waals surface area contributed by atoms with E-state index in [9.17, 15) is 9.18 Å². The molecule has 1 aromatic carbocycles. The molecule has 0 aliphatic carbocycles. The van der Waals surface area contributed by atoms with E-state index in [-0.39, 0.29) is 5.56 Å². The number of ether oxygens (including phenoxy) is 1. The fourth-order valence-electron chi connectivity index (χ4n) is 1.95. The van der Waals surface area contributed by atoms with Gasteiger partial charge in [-0.1, -0.05) is 15.9 Å². The van der Waals surface area contributed by atoms with Gasteiger partial charge < -0.3 is 9.64 Å². The molecule has 2 aromatic rings. The van der Waals surface area contributed by atoms with Crippen LogP contribution in [-0.4, -0.2) is 29.9 Å². The molecule has 0 aliphatic rings. The topological polar surface area (TPSA) is 42.4 Å². The molecule has 0 fully saturated rings. The number of nitrogens with zero attached hydrogens (tertiary/aromatic N) is 2. The first-order valence-corrected chi connectivity index (χ1v) is 7.00. The van der Waals surface area contributed by atoms with Gasteiger partial charge >= 0.3 is 0 Å². The zero-order valence-electron chi connectivity index (χ0n) is 11.6. The first kappa shape index (κ1) is 15.4. The predicted molar refractivity (Wildman–Crippen MR) is 80.7 cm³/mol.